The van der Waals surface area contributed by atoms with Crippen LogP contribution >= 0.6 is 11.3 Å². The first-order valence-electron chi connectivity index (χ1n) is 7.76. The molecule has 4 bridgehead atoms. The summed E-state index contributed by atoms with van der Waals surface area (Å²) in [4.78, 5) is 13.4. The second-order valence-corrected chi connectivity index (χ2v) is 9.29. The summed E-state index contributed by atoms with van der Waals surface area (Å²) in [6, 6.07) is 3.89. The Kier molecular flexibility index (Phi) is 2.50. The molecular weight excluding hydrogens is 266 g/mol. The van der Waals surface area contributed by atoms with Gasteiger partial charge in [-0.05, 0) is 66.7 Å². The minimum absolute atomic E-state index is 0.0734. The SMILES string of the molecule is C[C@]12CC3CC(NC(=O)c4cccs4)(C1)C[C@@](C)(C3)C2. The summed E-state index contributed by atoms with van der Waals surface area (Å²) < 4.78 is 0. The molecule has 5 rings (SSSR count). The van der Waals surface area contributed by atoms with Gasteiger partial charge in [-0.3, -0.25) is 4.79 Å². The number of thiophene rings is 1. The van der Waals surface area contributed by atoms with Crippen molar-refractivity contribution in [1.29, 1.82) is 0 Å². The maximum absolute atomic E-state index is 12.5. The van der Waals surface area contributed by atoms with Gasteiger partial charge < -0.3 is 5.32 Å². The van der Waals surface area contributed by atoms with Gasteiger partial charge in [-0.15, -0.1) is 11.3 Å². The summed E-state index contributed by atoms with van der Waals surface area (Å²) in [5.74, 6) is 0.971. The van der Waals surface area contributed by atoms with Crippen LogP contribution in [0.25, 0.3) is 0 Å². The lowest BCUT2D eigenvalue weighted by Gasteiger charge is -2.65. The minimum atomic E-state index is 0.0734. The van der Waals surface area contributed by atoms with Gasteiger partial charge in [-0.1, -0.05) is 19.9 Å². The number of hydrogen-bond donors (Lipinski definition) is 1. The molecule has 108 valence electrons. The first-order chi connectivity index (χ1) is 9.40. The summed E-state index contributed by atoms with van der Waals surface area (Å²) in [5.41, 5.74) is 0.984. The molecule has 0 saturated heterocycles. The van der Waals surface area contributed by atoms with Crippen molar-refractivity contribution in [3.63, 3.8) is 0 Å². The second kappa shape index (κ2) is 3.88. The summed E-state index contributed by atoms with van der Waals surface area (Å²) >= 11 is 1.55. The summed E-state index contributed by atoms with van der Waals surface area (Å²) in [6.07, 6.45) is 7.67. The van der Waals surface area contributed by atoms with Gasteiger partial charge in [0.05, 0.1) is 4.88 Å². The molecule has 4 aliphatic carbocycles. The molecule has 4 atom stereocenters. The first-order valence-corrected chi connectivity index (χ1v) is 8.64. The molecule has 0 radical (unpaired) electrons. The van der Waals surface area contributed by atoms with Crippen molar-refractivity contribution in [1.82, 2.24) is 5.32 Å². The van der Waals surface area contributed by atoms with Gasteiger partial charge in [-0.25, -0.2) is 0 Å². The lowest BCUT2D eigenvalue weighted by Crippen LogP contribution is -2.65. The van der Waals surface area contributed by atoms with E-state index in [-0.39, 0.29) is 11.4 Å². The molecule has 3 heteroatoms. The number of carbonyl (C=O) groups is 1. The van der Waals surface area contributed by atoms with Crippen LogP contribution in [0.2, 0.25) is 0 Å². The highest BCUT2D eigenvalue weighted by Gasteiger charge is 2.60. The van der Waals surface area contributed by atoms with E-state index in [0.29, 0.717) is 10.8 Å². The third-order valence-corrected chi connectivity index (χ3v) is 6.62. The Morgan fingerprint density at radius 2 is 1.90 bits per heavy atom. The molecule has 0 aromatic carbocycles. The fraction of sp³-hybridized carbons (Fsp3) is 0.706. The Morgan fingerprint density at radius 1 is 1.20 bits per heavy atom. The summed E-state index contributed by atoms with van der Waals surface area (Å²) in [5, 5.41) is 5.43. The fourth-order valence-corrected chi connectivity index (χ4v) is 6.92. The van der Waals surface area contributed by atoms with Crippen molar-refractivity contribution in [2.24, 2.45) is 16.7 Å². The Hall–Kier alpha value is -0.830. The largest absolute Gasteiger partial charge is 0.346 e. The van der Waals surface area contributed by atoms with E-state index >= 15 is 0 Å². The highest BCUT2D eigenvalue weighted by molar-refractivity contribution is 7.12. The maximum Gasteiger partial charge on any atom is 0.261 e. The monoisotopic (exact) mass is 289 g/mol. The molecule has 1 N–H and O–H groups in total. The van der Waals surface area contributed by atoms with E-state index in [1.165, 1.54) is 38.5 Å². The fourth-order valence-electron chi connectivity index (χ4n) is 6.30. The van der Waals surface area contributed by atoms with E-state index < -0.39 is 0 Å². The standard InChI is InChI=1S/C17H23NOS/c1-15-6-12-7-16(2,9-15)11-17(8-12,10-15)18-14(19)13-4-3-5-20-13/h3-5,12H,6-11H2,1-2H3,(H,18,19)/t12?,15-,16+,17?. The predicted octanol–water partition coefficient (Wildman–Crippen LogP) is 4.23. The Bertz CT molecular complexity index is 531. The van der Waals surface area contributed by atoms with E-state index in [1.54, 1.807) is 11.3 Å². The van der Waals surface area contributed by atoms with Crippen LogP contribution in [-0.4, -0.2) is 11.4 Å². The van der Waals surface area contributed by atoms with Gasteiger partial charge in [0.25, 0.3) is 5.91 Å². The van der Waals surface area contributed by atoms with Crippen LogP contribution in [0.4, 0.5) is 0 Å². The Labute approximate surface area is 125 Å². The second-order valence-electron chi connectivity index (χ2n) is 8.34. The summed E-state index contributed by atoms with van der Waals surface area (Å²) in [6.45, 7) is 4.89. The summed E-state index contributed by atoms with van der Waals surface area (Å²) in [7, 11) is 0. The lowest BCUT2D eigenvalue weighted by molar-refractivity contribution is -0.114. The van der Waals surface area contributed by atoms with E-state index in [0.717, 1.165) is 10.8 Å². The molecule has 20 heavy (non-hydrogen) atoms. The van der Waals surface area contributed by atoms with E-state index in [1.807, 2.05) is 17.5 Å². The number of nitrogens with one attached hydrogen (secondary N) is 1. The quantitative estimate of drug-likeness (QED) is 0.867. The normalized spacial score (nSPS) is 45.6. The van der Waals surface area contributed by atoms with Crippen LogP contribution in [0, 0.1) is 16.7 Å². The molecule has 2 nitrogen and oxygen atoms in total. The van der Waals surface area contributed by atoms with Gasteiger partial charge in [0.1, 0.15) is 0 Å². The van der Waals surface area contributed by atoms with E-state index in [2.05, 4.69) is 19.2 Å². The molecule has 0 spiro atoms. The topological polar surface area (TPSA) is 29.1 Å². The average Bonchev–Trinajstić information content (AvgIpc) is 2.75. The van der Waals surface area contributed by atoms with Crippen molar-refractivity contribution >= 4 is 17.2 Å². The molecule has 4 fully saturated rings. The van der Waals surface area contributed by atoms with Gasteiger partial charge in [0.2, 0.25) is 0 Å². The molecule has 2 unspecified atom stereocenters. The lowest BCUT2D eigenvalue weighted by atomic mass is 9.43. The number of carbonyl (C=O) groups excluding carboxylic acids is 1. The van der Waals surface area contributed by atoms with Gasteiger partial charge in [-0.2, -0.15) is 0 Å². The van der Waals surface area contributed by atoms with Crippen molar-refractivity contribution < 1.29 is 4.79 Å². The van der Waals surface area contributed by atoms with Gasteiger partial charge >= 0.3 is 0 Å². The van der Waals surface area contributed by atoms with Crippen LogP contribution in [0.3, 0.4) is 0 Å². The zero-order chi connectivity index (χ0) is 14.0. The maximum atomic E-state index is 12.5. The van der Waals surface area contributed by atoms with Crippen LogP contribution < -0.4 is 5.32 Å². The minimum Gasteiger partial charge on any atom is -0.346 e. The smallest absolute Gasteiger partial charge is 0.261 e. The predicted molar refractivity (Wildman–Crippen MR) is 81.9 cm³/mol. The van der Waals surface area contributed by atoms with Gasteiger partial charge in [0.15, 0.2) is 0 Å². The van der Waals surface area contributed by atoms with Crippen LogP contribution in [0.5, 0.6) is 0 Å². The first kappa shape index (κ1) is 12.9. The molecule has 1 aromatic heterocycles. The number of rotatable bonds is 2. The third-order valence-electron chi connectivity index (χ3n) is 5.75. The molecule has 0 aliphatic heterocycles. The van der Waals surface area contributed by atoms with Crippen molar-refractivity contribution in [3.8, 4) is 0 Å². The molecule has 4 saturated carbocycles. The molecular formula is C17H23NOS. The molecule has 1 aromatic rings. The highest BCUT2D eigenvalue weighted by Crippen LogP contribution is 2.66. The molecule has 4 aliphatic rings. The van der Waals surface area contributed by atoms with Crippen molar-refractivity contribution in [3.05, 3.63) is 22.4 Å². The number of amides is 1. The van der Waals surface area contributed by atoms with Gasteiger partial charge in [0, 0.05) is 5.54 Å². The van der Waals surface area contributed by atoms with E-state index in [4.69, 9.17) is 0 Å². The van der Waals surface area contributed by atoms with Crippen LogP contribution in [-0.2, 0) is 0 Å². The number of hydrogen-bond acceptors (Lipinski definition) is 2. The zero-order valence-corrected chi connectivity index (χ0v) is 13.2. The highest BCUT2D eigenvalue weighted by atomic mass is 32.1. The van der Waals surface area contributed by atoms with Crippen LogP contribution in [0.1, 0.15) is 62.0 Å². The third kappa shape index (κ3) is 1.93. The molecule has 1 amide bonds. The van der Waals surface area contributed by atoms with Crippen LogP contribution in [0.15, 0.2) is 17.5 Å². The van der Waals surface area contributed by atoms with Crippen molar-refractivity contribution in [2.75, 3.05) is 0 Å². The molecule has 1 heterocycles. The Morgan fingerprint density at radius 3 is 2.45 bits per heavy atom. The van der Waals surface area contributed by atoms with E-state index in [9.17, 15) is 4.79 Å². The zero-order valence-electron chi connectivity index (χ0n) is 12.4. The van der Waals surface area contributed by atoms with Crippen molar-refractivity contribution in [2.45, 2.75) is 57.9 Å². The average molecular weight is 289 g/mol. The Balaban J connectivity index is 1.63.